The van der Waals surface area contributed by atoms with Gasteiger partial charge in [-0.1, -0.05) is 6.08 Å². The quantitative estimate of drug-likeness (QED) is 0.596. The van der Waals surface area contributed by atoms with Gasteiger partial charge in [-0.05, 0) is 6.08 Å². The number of rotatable bonds is 1. The zero-order chi connectivity index (χ0) is 9.03. The molecule has 0 aromatic heterocycles. The highest BCUT2D eigenvalue weighted by atomic mass is 32.3. The topological polar surface area (TPSA) is 88.3 Å². The van der Waals surface area contributed by atoms with Crippen LogP contribution in [0.15, 0.2) is 22.4 Å². The maximum atomic E-state index is 10.2. The first-order valence-corrected chi connectivity index (χ1v) is 4.36. The Hall–Kier alpha value is -1.21. The van der Waals surface area contributed by atoms with Crippen molar-refractivity contribution in [1.82, 2.24) is 0 Å². The van der Waals surface area contributed by atoms with E-state index in [2.05, 4.69) is 14.4 Å². The lowest BCUT2D eigenvalue weighted by Gasteiger charge is -1.98. The van der Waals surface area contributed by atoms with Crippen molar-refractivity contribution >= 4 is 22.5 Å². The highest BCUT2D eigenvalue weighted by molar-refractivity contribution is 7.81. The molecule has 7 heteroatoms. The van der Waals surface area contributed by atoms with Crippen molar-refractivity contribution in [3.63, 3.8) is 0 Å². The highest BCUT2D eigenvalue weighted by Crippen LogP contribution is 1.99. The van der Waals surface area contributed by atoms with E-state index in [1.54, 1.807) is 12.2 Å². The van der Waals surface area contributed by atoms with Gasteiger partial charge in [0.05, 0.1) is 0 Å². The van der Waals surface area contributed by atoms with Crippen molar-refractivity contribution in [3.05, 3.63) is 12.2 Å². The van der Waals surface area contributed by atoms with Gasteiger partial charge in [0.15, 0.2) is 0 Å². The maximum absolute atomic E-state index is 10.2. The van der Waals surface area contributed by atoms with E-state index in [0.29, 0.717) is 0 Å². The summed E-state index contributed by atoms with van der Waals surface area (Å²) in [5.41, 5.74) is 0. The fraction of sp³-hybridized carbons (Fsp3) is 0.200. The molecular formula is C5H6N2O4S. The Bertz CT molecular complexity index is 340. The third-order valence-electron chi connectivity index (χ3n) is 0.952. The lowest BCUT2D eigenvalue weighted by atomic mass is 10.4. The molecule has 1 aliphatic rings. The van der Waals surface area contributed by atoms with E-state index in [1.807, 2.05) is 0 Å². The van der Waals surface area contributed by atoms with Crippen LogP contribution in [-0.2, 0) is 14.6 Å². The SMILES string of the molecule is O=S(=O)(O)OC1=NN=CC=CC1. The van der Waals surface area contributed by atoms with Crippen molar-refractivity contribution in [2.24, 2.45) is 10.2 Å². The van der Waals surface area contributed by atoms with Crippen LogP contribution in [0.3, 0.4) is 0 Å². The lowest BCUT2D eigenvalue weighted by molar-refractivity contribution is 0.379. The van der Waals surface area contributed by atoms with Crippen LogP contribution in [0.4, 0.5) is 0 Å². The van der Waals surface area contributed by atoms with Crippen LogP contribution in [0.2, 0.25) is 0 Å². The number of allylic oxidation sites excluding steroid dienone is 1. The predicted molar refractivity (Wildman–Crippen MR) is 42.3 cm³/mol. The van der Waals surface area contributed by atoms with E-state index in [4.69, 9.17) is 4.55 Å². The van der Waals surface area contributed by atoms with Crippen LogP contribution in [0.1, 0.15) is 6.42 Å². The summed E-state index contributed by atoms with van der Waals surface area (Å²) in [6.45, 7) is 0. The van der Waals surface area contributed by atoms with Crippen molar-refractivity contribution < 1.29 is 17.2 Å². The molecule has 0 fully saturated rings. The van der Waals surface area contributed by atoms with E-state index in [9.17, 15) is 8.42 Å². The first kappa shape index (κ1) is 8.88. The predicted octanol–water partition coefficient (Wildman–Crippen LogP) is 0.150. The standard InChI is InChI=1S/C5H6N2O4S/c8-12(9,10)11-5-3-1-2-4-6-7-5/h1-2,4H,3H2,(H,8,9,10). The summed E-state index contributed by atoms with van der Waals surface area (Å²) in [7, 11) is -4.48. The van der Waals surface area contributed by atoms with Crippen LogP contribution >= 0.6 is 0 Å². The van der Waals surface area contributed by atoms with Crippen LogP contribution in [0.25, 0.3) is 0 Å². The smallest absolute Gasteiger partial charge is 0.344 e. The van der Waals surface area contributed by atoms with Crippen molar-refractivity contribution in [2.45, 2.75) is 6.42 Å². The van der Waals surface area contributed by atoms with E-state index in [0.717, 1.165) is 0 Å². The fourth-order valence-electron chi connectivity index (χ4n) is 0.579. The summed E-state index contributed by atoms with van der Waals surface area (Å²) in [5.74, 6) is -0.164. The molecule has 0 aromatic carbocycles. The van der Waals surface area contributed by atoms with Gasteiger partial charge >= 0.3 is 10.4 Å². The van der Waals surface area contributed by atoms with Gasteiger partial charge in [-0.3, -0.25) is 4.55 Å². The molecule has 12 heavy (non-hydrogen) atoms. The Morgan fingerprint density at radius 2 is 2.33 bits per heavy atom. The molecule has 0 atom stereocenters. The second kappa shape index (κ2) is 3.46. The second-order valence-corrected chi connectivity index (χ2v) is 2.92. The first-order chi connectivity index (χ1) is 5.58. The average Bonchev–Trinajstić information content (AvgIpc) is 2.12. The van der Waals surface area contributed by atoms with Crippen molar-refractivity contribution in [3.8, 4) is 0 Å². The summed E-state index contributed by atoms with van der Waals surface area (Å²) in [5, 5.41) is 6.78. The normalized spacial score (nSPS) is 16.9. The summed E-state index contributed by atoms with van der Waals surface area (Å²) in [6.07, 6.45) is 4.74. The molecule has 1 N–H and O–H groups in total. The molecule has 0 aromatic rings. The third kappa shape index (κ3) is 3.26. The molecule has 0 spiro atoms. The van der Waals surface area contributed by atoms with E-state index in [1.165, 1.54) is 6.21 Å². The molecule has 0 saturated carbocycles. The van der Waals surface area contributed by atoms with Gasteiger partial charge in [-0.15, -0.1) is 5.10 Å². The molecule has 0 saturated heterocycles. The molecule has 0 unspecified atom stereocenters. The van der Waals surface area contributed by atoms with E-state index in [-0.39, 0.29) is 12.3 Å². The molecule has 0 aliphatic carbocycles. The first-order valence-electron chi connectivity index (χ1n) is 3.00. The van der Waals surface area contributed by atoms with Crippen LogP contribution in [0, 0.1) is 0 Å². The Labute approximate surface area is 69.2 Å². The van der Waals surface area contributed by atoms with Crippen LogP contribution in [-0.4, -0.2) is 25.1 Å². The maximum Gasteiger partial charge on any atom is 0.447 e. The van der Waals surface area contributed by atoms with Crippen molar-refractivity contribution in [1.29, 1.82) is 0 Å². The Kier molecular flexibility index (Phi) is 2.56. The Morgan fingerprint density at radius 3 is 3.00 bits per heavy atom. The summed E-state index contributed by atoms with van der Waals surface area (Å²) in [6, 6.07) is 0. The molecule has 1 heterocycles. The second-order valence-electron chi connectivity index (χ2n) is 1.90. The van der Waals surface area contributed by atoms with Gasteiger partial charge in [0.2, 0.25) is 5.90 Å². The van der Waals surface area contributed by atoms with Crippen molar-refractivity contribution in [2.75, 3.05) is 0 Å². The summed E-state index contributed by atoms with van der Waals surface area (Å²) < 4.78 is 32.7. The van der Waals surface area contributed by atoms with E-state index >= 15 is 0 Å². The van der Waals surface area contributed by atoms with Crippen LogP contribution in [0.5, 0.6) is 0 Å². The molecule has 0 radical (unpaired) electrons. The van der Waals surface area contributed by atoms with Gasteiger partial charge < -0.3 is 4.18 Å². The number of hydrogen-bond donors (Lipinski definition) is 1. The minimum Gasteiger partial charge on any atom is -0.344 e. The van der Waals surface area contributed by atoms with Gasteiger partial charge in [-0.25, -0.2) is 0 Å². The Morgan fingerprint density at radius 1 is 1.58 bits per heavy atom. The minimum absolute atomic E-state index is 0.164. The minimum atomic E-state index is -4.48. The number of hydrogen-bond acceptors (Lipinski definition) is 5. The molecule has 66 valence electrons. The van der Waals surface area contributed by atoms with Gasteiger partial charge in [-0.2, -0.15) is 13.5 Å². The molecule has 6 nitrogen and oxygen atoms in total. The zero-order valence-corrected chi connectivity index (χ0v) is 6.73. The molecule has 0 amide bonds. The Balaban J connectivity index is 2.71. The highest BCUT2D eigenvalue weighted by Gasteiger charge is 2.10. The monoisotopic (exact) mass is 190 g/mol. The summed E-state index contributed by atoms with van der Waals surface area (Å²) >= 11 is 0. The molecular weight excluding hydrogens is 184 g/mol. The van der Waals surface area contributed by atoms with E-state index < -0.39 is 10.4 Å². The van der Waals surface area contributed by atoms with Gasteiger partial charge in [0.25, 0.3) is 0 Å². The zero-order valence-electron chi connectivity index (χ0n) is 5.91. The molecule has 1 aliphatic heterocycles. The number of nitrogens with zero attached hydrogens (tertiary/aromatic N) is 2. The van der Waals surface area contributed by atoms with Gasteiger partial charge in [0, 0.05) is 12.6 Å². The fourth-order valence-corrected chi connectivity index (χ4v) is 0.924. The lowest BCUT2D eigenvalue weighted by Crippen LogP contribution is -2.10. The molecule has 1 rings (SSSR count). The summed E-state index contributed by atoms with van der Waals surface area (Å²) in [4.78, 5) is 0. The molecule has 0 bridgehead atoms. The van der Waals surface area contributed by atoms with Gasteiger partial charge in [0.1, 0.15) is 0 Å². The van der Waals surface area contributed by atoms with Crippen LogP contribution < -0.4 is 0 Å². The average molecular weight is 190 g/mol. The third-order valence-corrected chi connectivity index (χ3v) is 1.36. The largest absolute Gasteiger partial charge is 0.447 e.